The van der Waals surface area contributed by atoms with E-state index in [1.807, 2.05) is 0 Å². The first-order chi connectivity index (χ1) is 29.6. The van der Waals surface area contributed by atoms with Crippen LogP contribution in [0.25, 0.3) is 0 Å². The molecule has 12 atom stereocenters. The Kier molecular flexibility index (Phi) is 31.7. The molecular weight excluding hydrogens is 787 g/mol. The van der Waals surface area contributed by atoms with Crippen molar-refractivity contribution in [3.63, 3.8) is 0 Å². The molecule has 12 unspecified atom stereocenters. The van der Waals surface area contributed by atoms with Gasteiger partial charge in [-0.05, 0) is 44.9 Å². The Bertz CT molecular complexity index is 1130. The molecular formula is C47H87NO13. The lowest BCUT2D eigenvalue weighted by atomic mass is 9.97. The standard InChI is InChI=1S/C47H87NO13/c1-3-5-7-9-11-13-14-15-16-17-18-19-20-21-23-25-27-29-31-39(52)48-35(36(51)30-28-26-24-22-12-10-8-6-4-2)34-58-46-44(57)42(55)45(38(33-50)60-46)61-47-43(56)41(54)40(53)37(32-49)59-47/h13-14,16-17,35-38,40-47,49-51,53-57H,3-12,15,18-34H2,1-2H3,(H,48,52)/b14-13-,17-16-. The fourth-order valence-corrected chi connectivity index (χ4v) is 7.91. The van der Waals surface area contributed by atoms with Crippen LogP contribution < -0.4 is 5.32 Å². The van der Waals surface area contributed by atoms with Gasteiger partial charge < -0.3 is 65.1 Å². The van der Waals surface area contributed by atoms with Crippen molar-refractivity contribution < 1.29 is 64.6 Å². The molecule has 14 nitrogen and oxygen atoms in total. The first-order valence-corrected chi connectivity index (χ1v) is 24.1. The minimum Gasteiger partial charge on any atom is -0.394 e. The van der Waals surface area contributed by atoms with Gasteiger partial charge in [0, 0.05) is 6.42 Å². The van der Waals surface area contributed by atoms with Crippen molar-refractivity contribution in [2.75, 3.05) is 19.8 Å². The third-order valence-electron chi connectivity index (χ3n) is 11.9. The summed E-state index contributed by atoms with van der Waals surface area (Å²) in [6, 6.07) is -0.828. The van der Waals surface area contributed by atoms with E-state index in [9.17, 15) is 45.6 Å². The smallest absolute Gasteiger partial charge is 0.220 e. The molecule has 2 fully saturated rings. The zero-order valence-electron chi connectivity index (χ0n) is 37.7. The Labute approximate surface area is 367 Å². The highest BCUT2D eigenvalue weighted by Gasteiger charge is 2.51. The van der Waals surface area contributed by atoms with Gasteiger partial charge in [0.2, 0.25) is 5.91 Å². The van der Waals surface area contributed by atoms with Crippen molar-refractivity contribution in [2.45, 2.75) is 248 Å². The van der Waals surface area contributed by atoms with Gasteiger partial charge in [-0.3, -0.25) is 4.79 Å². The molecule has 0 aliphatic carbocycles. The molecule has 0 radical (unpaired) electrons. The predicted molar refractivity (Wildman–Crippen MR) is 235 cm³/mol. The number of hydrogen-bond acceptors (Lipinski definition) is 13. The van der Waals surface area contributed by atoms with Crippen LogP contribution in [0.3, 0.4) is 0 Å². The highest BCUT2D eigenvalue weighted by Crippen LogP contribution is 2.30. The second-order valence-corrected chi connectivity index (χ2v) is 17.2. The van der Waals surface area contributed by atoms with E-state index in [2.05, 4.69) is 43.5 Å². The zero-order chi connectivity index (χ0) is 44.7. The number of aliphatic hydroxyl groups excluding tert-OH is 8. The maximum atomic E-state index is 13.1. The van der Waals surface area contributed by atoms with Crippen LogP contribution in [0.4, 0.5) is 0 Å². The number of ether oxygens (including phenoxy) is 4. The number of nitrogens with one attached hydrogen (secondary N) is 1. The third-order valence-corrected chi connectivity index (χ3v) is 11.9. The van der Waals surface area contributed by atoms with Crippen molar-refractivity contribution in [3.05, 3.63) is 24.3 Å². The molecule has 0 bridgehead atoms. The Morgan fingerprint density at radius 1 is 0.590 bits per heavy atom. The van der Waals surface area contributed by atoms with E-state index < -0.39 is 86.8 Å². The molecule has 9 N–H and O–H groups in total. The average molecular weight is 874 g/mol. The predicted octanol–water partition coefficient (Wildman–Crippen LogP) is 5.38. The third kappa shape index (κ3) is 22.8. The summed E-state index contributed by atoms with van der Waals surface area (Å²) >= 11 is 0. The topological polar surface area (TPSA) is 228 Å². The number of amides is 1. The summed E-state index contributed by atoms with van der Waals surface area (Å²) in [5, 5.41) is 86.6. The first-order valence-electron chi connectivity index (χ1n) is 24.1. The van der Waals surface area contributed by atoms with E-state index in [1.165, 1.54) is 83.5 Å². The van der Waals surface area contributed by atoms with Gasteiger partial charge in [-0.15, -0.1) is 0 Å². The van der Waals surface area contributed by atoms with Crippen molar-refractivity contribution in [1.29, 1.82) is 0 Å². The number of rotatable bonds is 36. The largest absolute Gasteiger partial charge is 0.394 e. The van der Waals surface area contributed by atoms with Crippen LogP contribution in [0.5, 0.6) is 0 Å². The molecule has 1 amide bonds. The molecule has 61 heavy (non-hydrogen) atoms. The van der Waals surface area contributed by atoms with E-state index in [1.54, 1.807) is 0 Å². The lowest BCUT2D eigenvalue weighted by molar-refractivity contribution is -0.359. The highest BCUT2D eigenvalue weighted by molar-refractivity contribution is 5.76. The summed E-state index contributed by atoms with van der Waals surface area (Å²) in [7, 11) is 0. The quantitative estimate of drug-likeness (QED) is 0.0285. The van der Waals surface area contributed by atoms with Crippen LogP contribution in [0.1, 0.15) is 174 Å². The summed E-state index contributed by atoms with van der Waals surface area (Å²) in [6.45, 7) is 2.78. The Morgan fingerprint density at radius 2 is 1.08 bits per heavy atom. The van der Waals surface area contributed by atoms with Gasteiger partial charge in [-0.2, -0.15) is 0 Å². The van der Waals surface area contributed by atoms with E-state index in [0.717, 1.165) is 57.8 Å². The molecule has 2 aliphatic heterocycles. The second kappa shape index (κ2) is 34.8. The Balaban J connectivity index is 1.82. The van der Waals surface area contributed by atoms with Crippen molar-refractivity contribution in [2.24, 2.45) is 0 Å². The fourth-order valence-electron chi connectivity index (χ4n) is 7.91. The lowest BCUT2D eigenvalue weighted by Crippen LogP contribution is -2.65. The van der Waals surface area contributed by atoms with Crippen LogP contribution in [0, 0.1) is 0 Å². The molecule has 358 valence electrons. The van der Waals surface area contributed by atoms with Crippen LogP contribution in [0.15, 0.2) is 24.3 Å². The lowest BCUT2D eigenvalue weighted by Gasteiger charge is -2.46. The van der Waals surface area contributed by atoms with Gasteiger partial charge in [-0.25, -0.2) is 0 Å². The van der Waals surface area contributed by atoms with Crippen molar-refractivity contribution in [1.82, 2.24) is 5.32 Å². The highest BCUT2D eigenvalue weighted by atomic mass is 16.7. The monoisotopic (exact) mass is 874 g/mol. The summed E-state index contributed by atoms with van der Waals surface area (Å²) < 4.78 is 22.7. The average Bonchev–Trinajstić information content (AvgIpc) is 3.26. The molecule has 2 rings (SSSR count). The van der Waals surface area contributed by atoms with E-state index >= 15 is 0 Å². The molecule has 2 saturated heterocycles. The molecule has 2 heterocycles. The second-order valence-electron chi connectivity index (χ2n) is 17.2. The molecule has 0 saturated carbocycles. The maximum Gasteiger partial charge on any atom is 0.220 e. The maximum absolute atomic E-state index is 13.1. The van der Waals surface area contributed by atoms with Crippen LogP contribution in [0.2, 0.25) is 0 Å². The molecule has 2 aliphatic rings. The van der Waals surface area contributed by atoms with Crippen molar-refractivity contribution >= 4 is 5.91 Å². The van der Waals surface area contributed by atoms with E-state index in [0.29, 0.717) is 19.3 Å². The molecule has 0 aromatic heterocycles. The van der Waals surface area contributed by atoms with Gasteiger partial charge in [0.05, 0.1) is 32.0 Å². The molecule has 0 spiro atoms. The summed E-state index contributed by atoms with van der Waals surface area (Å²) in [4.78, 5) is 13.1. The minimum atomic E-state index is -1.78. The van der Waals surface area contributed by atoms with Gasteiger partial charge in [0.15, 0.2) is 12.6 Å². The van der Waals surface area contributed by atoms with E-state index in [4.69, 9.17) is 18.9 Å². The molecule has 0 aromatic rings. The molecule has 14 heteroatoms. The van der Waals surface area contributed by atoms with Gasteiger partial charge in [0.1, 0.15) is 48.8 Å². The normalized spacial score (nSPS) is 28.2. The van der Waals surface area contributed by atoms with E-state index in [-0.39, 0.29) is 12.5 Å². The van der Waals surface area contributed by atoms with Gasteiger partial charge in [-0.1, -0.05) is 147 Å². The Morgan fingerprint density at radius 3 is 1.66 bits per heavy atom. The first kappa shape index (κ1) is 55.6. The SMILES string of the molecule is CCCCCC/C=C\C/C=C\CCCCCCCCCC(=O)NC(COC1OC(CO)C(OC2OC(CO)C(O)C(O)C2O)C(O)C1O)C(O)CCCCCCCCCCC. The number of aliphatic hydroxyl groups is 8. The van der Waals surface area contributed by atoms with Crippen LogP contribution in [-0.4, -0.2) is 140 Å². The minimum absolute atomic E-state index is 0.218. The van der Waals surface area contributed by atoms with Crippen LogP contribution in [-0.2, 0) is 23.7 Å². The van der Waals surface area contributed by atoms with Crippen molar-refractivity contribution in [3.8, 4) is 0 Å². The summed E-state index contributed by atoms with van der Waals surface area (Å²) in [6.07, 6.45) is 19.1. The molecule has 0 aromatic carbocycles. The number of unbranched alkanes of at least 4 members (excludes halogenated alkanes) is 19. The van der Waals surface area contributed by atoms with Gasteiger partial charge >= 0.3 is 0 Å². The van der Waals surface area contributed by atoms with Crippen LogP contribution >= 0.6 is 0 Å². The number of allylic oxidation sites excluding steroid dienone is 4. The summed E-state index contributed by atoms with van der Waals surface area (Å²) in [5.41, 5.74) is 0. The number of carbonyl (C=O) groups is 1. The number of hydrogen-bond donors (Lipinski definition) is 9. The summed E-state index contributed by atoms with van der Waals surface area (Å²) in [5.74, 6) is -0.218. The number of carbonyl (C=O) groups excluding carboxylic acids is 1. The fraction of sp³-hybridized carbons (Fsp3) is 0.894. The van der Waals surface area contributed by atoms with Gasteiger partial charge in [0.25, 0.3) is 0 Å². The Hall–Kier alpha value is -1.53. The zero-order valence-corrected chi connectivity index (χ0v) is 37.7.